The summed E-state index contributed by atoms with van der Waals surface area (Å²) in [5.41, 5.74) is 2.50. The van der Waals surface area contributed by atoms with E-state index < -0.39 is 0 Å². The average molecular weight is 243 g/mol. The molecule has 2 aromatic carbocycles. The molecule has 0 amide bonds. The third-order valence-corrected chi connectivity index (χ3v) is 3.47. The van der Waals surface area contributed by atoms with Crippen LogP contribution in [0.5, 0.6) is 0 Å². The molecule has 0 saturated heterocycles. The van der Waals surface area contributed by atoms with Crippen LogP contribution in [0.15, 0.2) is 59.5 Å². The molecule has 17 heavy (non-hydrogen) atoms. The van der Waals surface area contributed by atoms with Gasteiger partial charge in [0.2, 0.25) is 0 Å². The predicted octanol–water partition coefficient (Wildman–Crippen LogP) is 4.20. The van der Waals surface area contributed by atoms with Crippen molar-refractivity contribution in [3.05, 3.63) is 60.2 Å². The molecule has 1 N–H and O–H groups in total. The molecule has 0 saturated carbocycles. The number of hydrogen-bond acceptors (Lipinski definition) is 2. The quantitative estimate of drug-likeness (QED) is 0.624. The van der Waals surface area contributed by atoms with Gasteiger partial charge in [-0.2, -0.15) is 0 Å². The fourth-order valence-corrected chi connectivity index (χ4v) is 2.43. The minimum Gasteiger partial charge on any atom is -0.384 e. The largest absolute Gasteiger partial charge is 0.384 e. The SMILES string of the molecule is Cc1cccc(NCCSc2ccccc2)c1. The maximum absolute atomic E-state index is 3.43. The van der Waals surface area contributed by atoms with E-state index in [0.29, 0.717) is 0 Å². The summed E-state index contributed by atoms with van der Waals surface area (Å²) in [4.78, 5) is 1.33. The average Bonchev–Trinajstić information content (AvgIpc) is 2.36. The highest BCUT2D eigenvalue weighted by atomic mass is 32.2. The third-order valence-electron chi connectivity index (χ3n) is 2.46. The Morgan fingerprint density at radius 1 is 1.00 bits per heavy atom. The first-order valence-corrected chi connectivity index (χ1v) is 6.81. The fraction of sp³-hybridized carbons (Fsp3) is 0.200. The van der Waals surface area contributed by atoms with E-state index in [1.165, 1.54) is 16.1 Å². The summed E-state index contributed by atoms with van der Waals surface area (Å²) in [7, 11) is 0. The van der Waals surface area contributed by atoms with Gasteiger partial charge in [-0.1, -0.05) is 30.3 Å². The first-order valence-electron chi connectivity index (χ1n) is 5.83. The lowest BCUT2D eigenvalue weighted by atomic mass is 10.2. The molecule has 0 aliphatic carbocycles. The Hall–Kier alpha value is -1.41. The van der Waals surface area contributed by atoms with Crippen LogP contribution in [0.25, 0.3) is 0 Å². The molecule has 0 atom stereocenters. The van der Waals surface area contributed by atoms with Crippen LogP contribution in [0.1, 0.15) is 5.56 Å². The van der Waals surface area contributed by atoms with Gasteiger partial charge in [-0.25, -0.2) is 0 Å². The zero-order valence-electron chi connectivity index (χ0n) is 10.0. The number of nitrogens with one attached hydrogen (secondary N) is 1. The molecule has 2 heteroatoms. The summed E-state index contributed by atoms with van der Waals surface area (Å²) in [5.74, 6) is 1.08. The molecule has 0 aliphatic heterocycles. The van der Waals surface area contributed by atoms with Crippen molar-refractivity contribution < 1.29 is 0 Å². The summed E-state index contributed by atoms with van der Waals surface area (Å²) in [5, 5.41) is 3.43. The van der Waals surface area contributed by atoms with Gasteiger partial charge in [0.15, 0.2) is 0 Å². The molecule has 0 spiro atoms. The minimum absolute atomic E-state index is 0.989. The van der Waals surface area contributed by atoms with Gasteiger partial charge in [0.1, 0.15) is 0 Å². The molecule has 2 rings (SSSR count). The number of benzene rings is 2. The van der Waals surface area contributed by atoms with Gasteiger partial charge in [0.25, 0.3) is 0 Å². The van der Waals surface area contributed by atoms with Crippen LogP contribution < -0.4 is 5.32 Å². The van der Waals surface area contributed by atoms with Crippen LogP contribution in [-0.2, 0) is 0 Å². The molecule has 0 fully saturated rings. The third kappa shape index (κ3) is 4.16. The van der Waals surface area contributed by atoms with Crippen LogP contribution >= 0.6 is 11.8 Å². The van der Waals surface area contributed by atoms with Gasteiger partial charge in [0, 0.05) is 22.9 Å². The molecule has 0 radical (unpaired) electrons. The molecule has 88 valence electrons. The van der Waals surface area contributed by atoms with Crippen molar-refractivity contribution in [2.45, 2.75) is 11.8 Å². The van der Waals surface area contributed by atoms with E-state index in [1.807, 2.05) is 11.8 Å². The number of thioether (sulfide) groups is 1. The lowest BCUT2D eigenvalue weighted by Crippen LogP contribution is -2.03. The summed E-state index contributed by atoms with van der Waals surface area (Å²) in [6.07, 6.45) is 0. The van der Waals surface area contributed by atoms with Crippen molar-refractivity contribution in [1.82, 2.24) is 0 Å². The number of rotatable bonds is 5. The fourth-order valence-electron chi connectivity index (χ4n) is 1.64. The predicted molar refractivity (Wildman–Crippen MR) is 76.8 cm³/mol. The van der Waals surface area contributed by atoms with Crippen molar-refractivity contribution >= 4 is 17.4 Å². The lowest BCUT2D eigenvalue weighted by Gasteiger charge is -2.06. The van der Waals surface area contributed by atoms with Crippen LogP contribution in [-0.4, -0.2) is 12.3 Å². The topological polar surface area (TPSA) is 12.0 Å². The van der Waals surface area contributed by atoms with Crippen LogP contribution in [0.2, 0.25) is 0 Å². The van der Waals surface area contributed by atoms with Gasteiger partial charge in [-0.05, 0) is 36.8 Å². The van der Waals surface area contributed by atoms with Crippen molar-refractivity contribution in [2.24, 2.45) is 0 Å². The van der Waals surface area contributed by atoms with E-state index in [2.05, 4.69) is 66.8 Å². The molecule has 1 nitrogen and oxygen atoms in total. The molecule has 0 aliphatic rings. The lowest BCUT2D eigenvalue weighted by molar-refractivity contribution is 1.22. The van der Waals surface area contributed by atoms with E-state index in [4.69, 9.17) is 0 Å². The van der Waals surface area contributed by atoms with Crippen LogP contribution in [0.3, 0.4) is 0 Å². The normalized spacial score (nSPS) is 10.2. The second-order valence-electron chi connectivity index (χ2n) is 3.96. The summed E-state index contributed by atoms with van der Waals surface area (Å²) in [6, 6.07) is 19.0. The van der Waals surface area contributed by atoms with Crippen LogP contribution in [0.4, 0.5) is 5.69 Å². The van der Waals surface area contributed by atoms with E-state index in [9.17, 15) is 0 Å². The highest BCUT2D eigenvalue weighted by Gasteiger charge is 1.94. The summed E-state index contributed by atoms with van der Waals surface area (Å²) in [6.45, 7) is 3.10. The first-order chi connectivity index (χ1) is 8.34. The van der Waals surface area contributed by atoms with Crippen molar-refractivity contribution in [3.63, 3.8) is 0 Å². The Bertz CT molecular complexity index is 453. The summed E-state index contributed by atoms with van der Waals surface area (Å²) >= 11 is 1.88. The van der Waals surface area contributed by atoms with E-state index in [0.717, 1.165) is 12.3 Å². The van der Waals surface area contributed by atoms with Gasteiger partial charge in [-0.3, -0.25) is 0 Å². The van der Waals surface area contributed by atoms with E-state index in [1.54, 1.807) is 0 Å². The highest BCUT2D eigenvalue weighted by molar-refractivity contribution is 7.99. The Labute approximate surface area is 107 Å². The van der Waals surface area contributed by atoms with Gasteiger partial charge >= 0.3 is 0 Å². The number of anilines is 1. The monoisotopic (exact) mass is 243 g/mol. The van der Waals surface area contributed by atoms with Gasteiger partial charge in [-0.15, -0.1) is 11.8 Å². The van der Waals surface area contributed by atoms with Gasteiger partial charge < -0.3 is 5.32 Å². The molecule has 0 unspecified atom stereocenters. The standard InChI is InChI=1S/C15H17NS/c1-13-6-5-7-14(12-13)16-10-11-17-15-8-3-2-4-9-15/h2-9,12,16H,10-11H2,1H3. The molecular formula is C15H17NS. The first kappa shape index (κ1) is 12.1. The number of aryl methyl sites for hydroxylation is 1. The number of hydrogen-bond donors (Lipinski definition) is 1. The summed E-state index contributed by atoms with van der Waals surface area (Å²) < 4.78 is 0. The van der Waals surface area contributed by atoms with Crippen molar-refractivity contribution in [1.29, 1.82) is 0 Å². The molecule has 0 heterocycles. The minimum atomic E-state index is 0.989. The zero-order valence-corrected chi connectivity index (χ0v) is 10.8. The molecule has 2 aromatic rings. The smallest absolute Gasteiger partial charge is 0.0343 e. The second-order valence-corrected chi connectivity index (χ2v) is 5.13. The second kappa shape index (κ2) is 6.36. The zero-order chi connectivity index (χ0) is 11.9. The maximum atomic E-state index is 3.43. The Morgan fingerprint density at radius 2 is 1.82 bits per heavy atom. The Balaban J connectivity index is 1.73. The van der Waals surface area contributed by atoms with Gasteiger partial charge in [0.05, 0.1) is 0 Å². The Kier molecular flexibility index (Phi) is 4.51. The Morgan fingerprint density at radius 3 is 2.59 bits per heavy atom. The molecule has 0 bridgehead atoms. The van der Waals surface area contributed by atoms with E-state index >= 15 is 0 Å². The van der Waals surface area contributed by atoms with Crippen LogP contribution in [0, 0.1) is 6.92 Å². The molecular weight excluding hydrogens is 226 g/mol. The van der Waals surface area contributed by atoms with E-state index in [-0.39, 0.29) is 0 Å². The maximum Gasteiger partial charge on any atom is 0.0343 e. The highest BCUT2D eigenvalue weighted by Crippen LogP contribution is 2.17. The van der Waals surface area contributed by atoms with Crippen molar-refractivity contribution in [2.75, 3.05) is 17.6 Å². The van der Waals surface area contributed by atoms with Crippen molar-refractivity contribution in [3.8, 4) is 0 Å². The molecule has 0 aromatic heterocycles.